The Kier molecular flexibility index (Phi) is 4.77. The Bertz CT molecular complexity index is 457. The second-order valence-electron chi connectivity index (χ2n) is 5.63. The Balaban J connectivity index is 2.31. The second kappa shape index (κ2) is 6.37. The molecule has 0 aliphatic heterocycles. The summed E-state index contributed by atoms with van der Waals surface area (Å²) in [5.74, 6) is 7.75. The molecule has 1 heterocycles. The summed E-state index contributed by atoms with van der Waals surface area (Å²) in [6.45, 7) is 4.16. The van der Waals surface area contributed by atoms with Crippen molar-refractivity contribution < 1.29 is 5.11 Å². The highest BCUT2D eigenvalue weighted by Crippen LogP contribution is 2.34. The predicted molar refractivity (Wildman–Crippen MR) is 80.5 cm³/mol. The number of nitrogens with one attached hydrogen (secondary N) is 2. The van der Waals surface area contributed by atoms with Gasteiger partial charge < -0.3 is 15.8 Å². The number of nitrogen functional groups attached to an aromatic ring is 1. The lowest BCUT2D eigenvalue weighted by molar-refractivity contribution is 0.213. The molecule has 2 rings (SSSR count). The molecular weight excluding hydrogens is 254 g/mol. The second-order valence-corrected chi connectivity index (χ2v) is 5.63. The SMILES string of the molecule is CCCc1nc(NN)c(C)c(NC2(CO)CCCC2)n1. The van der Waals surface area contributed by atoms with Crippen LogP contribution in [0.2, 0.25) is 0 Å². The van der Waals surface area contributed by atoms with Crippen molar-refractivity contribution in [2.24, 2.45) is 5.84 Å². The molecule has 0 bridgehead atoms. The minimum absolute atomic E-state index is 0.130. The third-order valence-electron chi connectivity index (χ3n) is 4.05. The quantitative estimate of drug-likeness (QED) is 0.468. The normalized spacial score (nSPS) is 17.2. The number of aliphatic hydroxyl groups excluding tert-OH is 1. The van der Waals surface area contributed by atoms with Crippen LogP contribution in [0.1, 0.15) is 50.4 Å². The Morgan fingerprint density at radius 1 is 1.25 bits per heavy atom. The monoisotopic (exact) mass is 279 g/mol. The minimum Gasteiger partial charge on any atom is -0.394 e. The van der Waals surface area contributed by atoms with E-state index in [4.69, 9.17) is 5.84 Å². The van der Waals surface area contributed by atoms with Gasteiger partial charge in [-0.25, -0.2) is 15.8 Å². The first-order valence-corrected chi connectivity index (χ1v) is 7.37. The molecule has 0 amide bonds. The van der Waals surface area contributed by atoms with Gasteiger partial charge in [0.1, 0.15) is 17.5 Å². The lowest BCUT2D eigenvalue weighted by Gasteiger charge is -2.29. The van der Waals surface area contributed by atoms with E-state index in [0.717, 1.165) is 55.7 Å². The smallest absolute Gasteiger partial charge is 0.148 e. The topological polar surface area (TPSA) is 96.1 Å². The van der Waals surface area contributed by atoms with Gasteiger partial charge in [0.05, 0.1) is 12.1 Å². The first-order valence-electron chi connectivity index (χ1n) is 7.37. The molecule has 0 aromatic carbocycles. The minimum atomic E-state index is -0.242. The van der Waals surface area contributed by atoms with E-state index in [2.05, 4.69) is 27.6 Å². The molecule has 0 saturated heterocycles. The fraction of sp³-hybridized carbons (Fsp3) is 0.714. The van der Waals surface area contributed by atoms with Crippen LogP contribution in [0.15, 0.2) is 0 Å². The van der Waals surface area contributed by atoms with Gasteiger partial charge in [0, 0.05) is 12.0 Å². The van der Waals surface area contributed by atoms with Gasteiger partial charge in [-0.15, -0.1) is 0 Å². The number of aromatic nitrogens is 2. The van der Waals surface area contributed by atoms with E-state index < -0.39 is 0 Å². The zero-order valence-corrected chi connectivity index (χ0v) is 12.4. The summed E-state index contributed by atoms with van der Waals surface area (Å²) in [6.07, 6.45) is 6.03. The number of anilines is 2. The molecule has 0 radical (unpaired) electrons. The first kappa shape index (κ1) is 15.0. The van der Waals surface area contributed by atoms with Gasteiger partial charge in [-0.2, -0.15) is 0 Å². The van der Waals surface area contributed by atoms with Crippen molar-refractivity contribution in [1.29, 1.82) is 0 Å². The van der Waals surface area contributed by atoms with E-state index in [0.29, 0.717) is 5.82 Å². The molecule has 1 saturated carbocycles. The van der Waals surface area contributed by atoms with Crippen LogP contribution in [0.3, 0.4) is 0 Å². The van der Waals surface area contributed by atoms with Crippen LogP contribution in [0, 0.1) is 6.92 Å². The number of rotatable bonds is 6. The Hall–Kier alpha value is -1.40. The molecule has 0 spiro atoms. The van der Waals surface area contributed by atoms with E-state index in [9.17, 15) is 5.11 Å². The average Bonchev–Trinajstić information content (AvgIpc) is 2.91. The van der Waals surface area contributed by atoms with E-state index in [-0.39, 0.29) is 12.1 Å². The number of aryl methyl sites for hydroxylation is 1. The van der Waals surface area contributed by atoms with E-state index in [1.165, 1.54) is 0 Å². The maximum absolute atomic E-state index is 9.72. The molecule has 1 aromatic heterocycles. The van der Waals surface area contributed by atoms with Crippen molar-refractivity contribution in [1.82, 2.24) is 9.97 Å². The van der Waals surface area contributed by atoms with Crippen LogP contribution < -0.4 is 16.6 Å². The first-order chi connectivity index (χ1) is 9.64. The van der Waals surface area contributed by atoms with Crippen LogP contribution in [-0.2, 0) is 6.42 Å². The highest BCUT2D eigenvalue weighted by Gasteiger charge is 2.34. The molecule has 6 heteroatoms. The summed E-state index contributed by atoms with van der Waals surface area (Å²) in [5.41, 5.74) is 3.29. The van der Waals surface area contributed by atoms with Gasteiger partial charge in [-0.3, -0.25) is 0 Å². The van der Waals surface area contributed by atoms with E-state index in [1.54, 1.807) is 0 Å². The molecular formula is C14H25N5O. The van der Waals surface area contributed by atoms with E-state index in [1.807, 2.05) is 6.92 Å². The summed E-state index contributed by atoms with van der Waals surface area (Å²) in [4.78, 5) is 9.01. The lowest BCUT2D eigenvalue weighted by atomic mass is 9.98. The maximum atomic E-state index is 9.72. The van der Waals surface area contributed by atoms with Crippen molar-refractivity contribution in [3.8, 4) is 0 Å². The Labute approximate surface area is 120 Å². The number of hydrazine groups is 1. The summed E-state index contributed by atoms with van der Waals surface area (Å²) in [7, 11) is 0. The molecule has 1 fully saturated rings. The molecule has 6 nitrogen and oxygen atoms in total. The third kappa shape index (κ3) is 3.02. The summed E-state index contributed by atoms with van der Waals surface area (Å²) >= 11 is 0. The number of hydrogen-bond acceptors (Lipinski definition) is 6. The number of aliphatic hydroxyl groups is 1. The van der Waals surface area contributed by atoms with Crippen LogP contribution in [0.5, 0.6) is 0 Å². The maximum Gasteiger partial charge on any atom is 0.148 e. The lowest BCUT2D eigenvalue weighted by Crippen LogP contribution is -2.39. The van der Waals surface area contributed by atoms with Gasteiger partial charge in [0.25, 0.3) is 0 Å². The van der Waals surface area contributed by atoms with Crippen molar-refractivity contribution in [2.45, 2.75) is 57.9 Å². The van der Waals surface area contributed by atoms with Gasteiger partial charge >= 0.3 is 0 Å². The van der Waals surface area contributed by atoms with Crippen molar-refractivity contribution in [3.05, 3.63) is 11.4 Å². The fourth-order valence-electron chi connectivity index (χ4n) is 2.79. The van der Waals surface area contributed by atoms with Crippen LogP contribution in [0.25, 0.3) is 0 Å². The number of hydrogen-bond donors (Lipinski definition) is 4. The predicted octanol–water partition coefficient (Wildman–Crippen LogP) is 1.74. The van der Waals surface area contributed by atoms with Crippen LogP contribution in [0.4, 0.5) is 11.6 Å². The molecule has 1 aliphatic carbocycles. The van der Waals surface area contributed by atoms with Crippen LogP contribution >= 0.6 is 0 Å². The Morgan fingerprint density at radius 3 is 2.45 bits per heavy atom. The zero-order chi connectivity index (χ0) is 14.6. The van der Waals surface area contributed by atoms with E-state index >= 15 is 0 Å². The standard InChI is InChI=1S/C14H25N5O/c1-3-6-11-16-12(10(2)13(17-11)19-15)18-14(9-20)7-4-5-8-14/h20H,3-9,15H2,1-2H3,(H2,16,17,18,19). The molecule has 20 heavy (non-hydrogen) atoms. The average molecular weight is 279 g/mol. The summed E-state index contributed by atoms with van der Waals surface area (Å²) in [5, 5.41) is 13.2. The molecule has 1 aliphatic rings. The summed E-state index contributed by atoms with van der Waals surface area (Å²) < 4.78 is 0. The van der Waals surface area contributed by atoms with Crippen molar-refractivity contribution in [3.63, 3.8) is 0 Å². The van der Waals surface area contributed by atoms with Gasteiger partial charge in [-0.1, -0.05) is 19.8 Å². The fourth-order valence-corrected chi connectivity index (χ4v) is 2.79. The van der Waals surface area contributed by atoms with Gasteiger partial charge in [-0.05, 0) is 26.2 Å². The Morgan fingerprint density at radius 2 is 1.90 bits per heavy atom. The molecule has 1 aromatic rings. The third-order valence-corrected chi connectivity index (χ3v) is 4.05. The number of nitrogens with zero attached hydrogens (tertiary/aromatic N) is 2. The number of nitrogens with two attached hydrogens (primary N) is 1. The van der Waals surface area contributed by atoms with Gasteiger partial charge in [0.15, 0.2) is 0 Å². The van der Waals surface area contributed by atoms with Crippen LogP contribution in [-0.4, -0.2) is 27.2 Å². The van der Waals surface area contributed by atoms with Gasteiger partial charge in [0.2, 0.25) is 0 Å². The zero-order valence-electron chi connectivity index (χ0n) is 12.4. The van der Waals surface area contributed by atoms with Crippen molar-refractivity contribution >= 4 is 11.6 Å². The molecule has 5 N–H and O–H groups in total. The molecule has 0 unspecified atom stereocenters. The molecule has 112 valence electrons. The van der Waals surface area contributed by atoms with Crippen molar-refractivity contribution in [2.75, 3.05) is 17.3 Å². The highest BCUT2D eigenvalue weighted by molar-refractivity contribution is 5.58. The largest absolute Gasteiger partial charge is 0.394 e. The molecule has 0 atom stereocenters. The highest BCUT2D eigenvalue weighted by atomic mass is 16.3. The summed E-state index contributed by atoms with van der Waals surface area (Å²) in [6, 6.07) is 0.